The summed E-state index contributed by atoms with van der Waals surface area (Å²) in [6, 6.07) is 8.97. The minimum atomic E-state index is 0.0532. The fourth-order valence-electron chi connectivity index (χ4n) is 4.99. The molecule has 0 unspecified atom stereocenters. The summed E-state index contributed by atoms with van der Waals surface area (Å²) >= 11 is 7.09. The standard InChI is InChI=1S/C24H32N2O2S2/c1-28-21-14-12-18(13-15-21)16-22-23(27)26(24(29)30-22)17-25(19-8-4-2-5-9-19)20-10-6-3-7-11-20/h12-16,19-20H,2-11,17H2,1H3/b22-16-. The number of methoxy groups -OCH3 is 1. The van der Waals surface area contributed by atoms with Gasteiger partial charge in [0.15, 0.2) is 0 Å². The zero-order chi connectivity index (χ0) is 20.9. The van der Waals surface area contributed by atoms with Crippen LogP contribution in [0.15, 0.2) is 29.2 Å². The van der Waals surface area contributed by atoms with E-state index in [4.69, 9.17) is 17.0 Å². The van der Waals surface area contributed by atoms with Crippen LogP contribution in [0.3, 0.4) is 0 Å². The lowest BCUT2D eigenvalue weighted by atomic mass is 9.89. The summed E-state index contributed by atoms with van der Waals surface area (Å²) in [5.41, 5.74) is 0.993. The van der Waals surface area contributed by atoms with Crippen LogP contribution in [-0.2, 0) is 4.79 Å². The maximum Gasteiger partial charge on any atom is 0.267 e. The smallest absolute Gasteiger partial charge is 0.267 e. The van der Waals surface area contributed by atoms with Gasteiger partial charge < -0.3 is 4.74 Å². The fraction of sp³-hybridized carbons (Fsp3) is 0.583. The van der Waals surface area contributed by atoms with Gasteiger partial charge in [0, 0.05) is 12.1 Å². The first kappa shape index (κ1) is 21.8. The Labute approximate surface area is 190 Å². The molecule has 1 heterocycles. The molecule has 3 aliphatic rings. The molecule has 3 fully saturated rings. The molecule has 0 atom stereocenters. The quantitative estimate of drug-likeness (QED) is 0.408. The molecule has 1 aromatic carbocycles. The van der Waals surface area contributed by atoms with Gasteiger partial charge in [-0.2, -0.15) is 0 Å². The van der Waals surface area contributed by atoms with Crippen molar-refractivity contribution < 1.29 is 9.53 Å². The molecular weight excluding hydrogens is 412 g/mol. The number of amides is 1. The van der Waals surface area contributed by atoms with Crippen molar-refractivity contribution in [3.8, 4) is 5.75 Å². The molecule has 0 spiro atoms. The minimum Gasteiger partial charge on any atom is -0.497 e. The van der Waals surface area contributed by atoms with Crippen molar-refractivity contribution in [2.75, 3.05) is 13.8 Å². The van der Waals surface area contributed by atoms with Gasteiger partial charge in [-0.05, 0) is 49.5 Å². The molecule has 2 aliphatic carbocycles. The molecule has 162 valence electrons. The van der Waals surface area contributed by atoms with Crippen LogP contribution in [0.2, 0.25) is 0 Å². The predicted octanol–water partition coefficient (Wildman–Crippen LogP) is 5.82. The van der Waals surface area contributed by atoms with Gasteiger partial charge in [0.05, 0.1) is 18.7 Å². The molecule has 1 aromatic rings. The number of rotatable bonds is 6. The summed E-state index contributed by atoms with van der Waals surface area (Å²) in [6.07, 6.45) is 14.9. The van der Waals surface area contributed by atoms with E-state index in [2.05, 4.69) is 4.90 Å². The van der Waals surface area contributed by atoms with Crippen LogP contribution in [-0.4, -0.2) is 45.9 Å². The Morgan fingerprint density at radius 2 is 1.60 bits per heavy atom. The summed E-state index contributed by atoms with van der Waals surface area (Å²) in [6.45, 7) is 0.653. The highest BCUT2D eigenvalue weighted by Gasteiger charge is 2.37. The lowest BCUT2D eigenvalue weighted by Crippen LogP contribution is -2.51. The van der Waals surface area contributed by atoms with Crippen LogP contribution >= 0.6 is 24.0 Å². The lowest BCUT2D eigenvalue weighted by Gasteiger charge is -2.43. The van der Waals surface area contributed by atoms with E-state index < -0.39 is 0 Å². The van der Waals surface area contributed by atoms with E-state index in [0.29, 0.717) is 23.1 Å². The highest BCUT2D eigenvalue weighted by atomic mass is 32.2. The van der Waals surface area contributed by atoms with E-state index in [1.807, 2.05) is 35.2 Å². The molecule has 1 aliphatic heterocycles. The van der Waals surface area contributed by atoms with Crippen molar-refractivity contribution in [3.05, 3.63) is 34.7 Å². The number of carbonyl (C=O) groups excluding carboxylic acids is 1. The van der Waals surface area contributed by atoms with Gasteiger partial charge in [-0.15, -0.1) is 0 Å². The second-order valence-electron chi connectivity index (χ2n) is 8.62. The lowest BCUT2D eigenvalue weighted by molar-refractivity contribution is -0.124. The first-order valence-electron chi connectivity index (χ1n) is 11.3. The second-order valence-corrected chi connectivity index (χ2v) is 10.3. The van der Waals surface area contributed by atoms with Gasteiger partial charge in [0.25, 0.3) is 5.91 Å². The molecule has 1 amide bonds. The summed E-state index contributed by atoms with van der Waals surface area (Å²) in [7, 11) is 1.66. The number of nitrogens with zero attached hydrogens (tertiary/aromatic N) is 2. The third kappa shape index (κ3) is 5.09. The predicted molar refractivity (Wildman–Crippen MR) is 128 cm³/mol. The minimum absolute atomic E-state index is 0.0532. The topological polar surface area (TPSA) is 32.8 Å². The largest absolute Gasteiger partial charge is 0.497 e. The van der Waals surface area contributed by atoms with Gasteiger partial charge in [-0.3, -0.25) is 14.6 Å². The number of thioether (sulfide) groups is 1. The summed E-state index contributed by atoms with van der Waals surface area (Å²) in [5, 5.41) is 0. The summed E-state index contributed by atoms with van der Waals surface area (Å²) < 4.78 is 5.92. The molecule has 0 bridgehead atoms. The number of hydrogen-bond donors (Lipinski definition) is 0. The van der Waals surface area contributed by atoms with Crippen molar-refractivity contribution in [3.63, 3.8) is 0 Å². The Hall–Kier alpha value is -1.37. The Morgan fingerprint density at radius 3 is 2.13 bits per heavy atom. The monoisotopic (exact) mass is 444 g/mol. The van der Waals surface area contributed by atoms with Gasteiger partial charge in [0.1, 0.15) is 10.1 Å². The molecule has 0 aromatic heterocycles. The molecule has 0 N–H and O–H groups in total. The number of ether oxygens (including phenoxy) is 1. The van der Waals surface area contributed by atoms with E-state index in [9.17, 15) is 4.79 Å². The summed E-state index contributed by atoms with van der Waals surface area (Å²) in [5.74, 6) is 0.868. The molecule has 2 saturated carbocycles. The Kier molecular flexibility index (Phi) is 7.50. The molecular formula is C24H32N2O2S2. The van der Waals surface area contributed by atoms with Crippen molar-refractivity contribution in [1.82, 2.24) is 9.80 Å². The number of carbonyl (C=O) groups is 1. The Morgan fingerprint density at radius 1 is 1.03 bits per heavy atom. The SMILES string of the molecule is COc1ccc(/C=C2\SC(=S)N(CN(C3CCCCC3)C3CCCCC3)C2=O)cc1. The maximum absolute atomic E-state index is 13.2. The molecule has 0 radical (unpaired) electrons. The first-order valence-corrected chi connectivity index (χ1v) is 12.5. The zero-order valence-electron chi connectivity index (χ0n) is 17.8. The van der Waals surface area contributed by atoms with Crippen LogP contribution in [0, 0.1) is 0 Å². The normalized spacial score (nSPS) is 23.0. The molecule has 4 rings (SSSR count). The van der Waals surface area contributed by atoms with Crippen molar-refractivity contribution in [2.24, 2.45) is 0 Å². The van der Waals surface area contributed by atoms with Crippen LogP contribution in [0.5, 0.6) is 5.75 Å². The van der Waals surface area contributed by atoms with Crippen LogP contribution in [0.1, 0.15) is 69.8 Å². The van der Waals surface area contributed by atoms with Gasteiger partial charge in [-0.25, -0.2) is 0 Å². The molecule has 4 nitrogen and oxygen atoms in total. The highest BCUT2D eigenvalue weighted by molar-refractivity contribution is 8.26. The third-order valence-electron chi connectivity index (χ3n) is 6.68. The van der Waals surface area contributed by atoms with E-state index >= 15 is 0 Å². The molecule has 6 heteroatoms. The number of thiocarbonyl (C=S) groups is 1. The first-order chi connectivity index (χ1) is 14.7. The van der Waals surface area contributed by atoms with Gasteiger partial charge >= 0.3 is 0 Å². The average Bonchev–Trinajstić information content (AvgIpc) is 3.06. The molecule has 1 saturated heterocycles. The molecule has 30 heavy (non-hydrogen) atoms. The third-order valence-corrected chi connectivity index (χ3v) is 8.06. The number of hydrogen-bond acceptors (Lipinski definition) is 5. The second kappa shape index (κ2) is 10.3. The van der Waals surface area contributed by atoms with Crippen molar-refractivity contribution >= 4 is 40.3 Å². The van der Waals surface area contributed by atoms with Crippen LogP contribution < -0.4 is 4.74 Å². The van der Waals surface area contributed by atoms with E-state index in [1.54, 1.807) is 7.11 Å². The number of benzene rings is 1. The van der Waals surface area contributed by atoms with E-state index in [0.717, 1.165) is 16.2 Å². The van der Waals surface area contributed by atoms with Crippen LogP contribution in [0.4, 0.5) is 0 Å². The maximum atomic E-state index is 13.2. The van der Waals surface area contributed by atoms with E-state index in [-0.39, 0.29) is 5.91 Å². The Bertz CT molecular complexity index is 763. The van der Waals surface area contributed by atoms with Crippen molar-refractivity contribution in [1.29, 1.82) is 0 Å². The highest BCUT2D eigenvalue weighted by Crippen LogP contribution is 2.36. The summed E-state index contributed by atoms with van der Waals surface area (Å²) in [4.78, 5) is 18.4. The average molecular weight is 445 g/mol. The van der Waals surface area contributed by atoms with E-state index in [1.165, 1.54) is 76.0 Å². The van der Waals surface area contributed by atoms with Crippen LogP contribution in [0.25, 0.3) is 6.08 Å². The zero-order valence-corrected chi connectivity index (χ0v) is 19.5. The fourth-order valence-corrected chi connectivity index (χ4v) is 6.23. The van der Waals surface area contributed by atoms with Gasteiger partial charge in [-0.1, -0.05) is 74.6 Å². The van der Waals surface area contributed by atoms with Crippen molar-refractivity contribution in [2.45, 2.75) is 76.3 Å². The van der Waals surface area contributed by atoms with Gasteiger partial charge in [0.2, 0.25) is 0 Å². The Balaban J connectivity index is 1.50.